The number of benzene rings is 4. The maximum atomic E-state index is 14.8. The molecule has 0 atom stereocenters. The first-order chi connectivity index (χ1) is 19.3. The molecule has 6 rings (SSSR count). The Morgan fingerprint density at radius 1 is 0.925 bits per heavy atom. The predicted molar refractivity (Wildman–Crippen MR) is 159 cm³/mol. The van der Waals surface area contributed by atoms with Gasteiger partial charge in [0.1, 0.15) is 5.82 Å². The molecule has 4 aromatic carbocycles. The second-order valence-electron chi connectivity index (χ2n) is 9.33. The van der Waals surface area contributed by atoms with Gasteiger partial charge in [-0.25, -0.2) is 4.39 Å². The zero-order chi connectivity index (χ0) is 27.9. The summed E-state index contributed by atoms with van der Waals surface area (Å²) in [5.74, 6) is -0.360. The summed E-state index contributed by atoms with van der Waals surface area (Å²) in [4.78, 5) is 0. The topological polar surface area (TPSA) is 73.0 Å². The molecular weight excluding hydrogens is 569 g/mol. The molecule has 0 spiro atoms. The molecule has 0 aliphatic heterocycles. The molecule has 0 unspecified atom stereocenters. The lowest BCUT2D eigenvalue weighted by atomic mass is 10.1. The Balaban J connectivity index is 1.43. The summed E-state index contributed by atoms with van der Waals surface area (Å²) < 4.78 is 37.2. The van der Waals surface area contributed by atoms with E-state index >= 15 is 0 Å². The third-order valence-corrected chi connectivity index (χ3v) is 9.78. The van der Waals surface area contributed by atoms with E-state index in [0.717, 1.165) is 11.1 Å². The fourth-order valence-corrected chi connectivity index (χ4v) is 7.33. The number of aryl methyl sites for hydroxylation is 1. The van der Waals surface area contributed by atoms with Gasteiger partial charge in [-0.05, 0) is 66.6 Å². The number of hydrogen-bond donors (Lipinski definition) is 1. The van der Waals surface area contributed by atoms with Gasteiger partial charge >= 0.3 is 6.01 Å². The van der Waals surface area contributed by atoms with Gasteiger partial charge in [-0.2, -0.15) is 0 Å². The van der Waals surface area contributed by atoms with E-state index in [0.29, 0.717) is 43.7 Å². The van der Waals surface area contributed by atoms with Crippen molar-refractivity contribution in [2.75, 3.05) is 5.09 Å². The van der Waals surface area contributed by atoms with Gasteiger partial charge in [0.25, 0.3) is 5.89 Å². The fraction of sp³-hybridized carbons (Fsp3) is 0.0667. The zero-order valence-corrected chi connectivity index (χ0v) is 23.6. The average Bonchev–Trinajstić information content (AvgIpc) is 3.54. The van der Waals surface area contributed by atoms with Crippen LogP contribution in [0.1, 0.15) is 11.1 Å². The molecule has 2 aromatic heterocycles. The molecule has 200 valence electrons. The first kappa shape index (κ1) is 26.3. The zero-order valence-electron chi connectivity index (χ0n) is 21.2. The van der Waals surface area contributed by atoms with E-state index in [1.54, 1.807) is 36.4 Å². The number of nitrogens with one attached hydrogen (secondary N) is 1. The van der Waals surface area contributed by atoms with Crippen LogP contribution < -0.4 is 15.7 Å². The Labute approximate surface area is 239 Å². The maximum Gasteiger partial charge on any atom is 0.321 e. The van der Waals surface area contributed by atoms with Gasteiger partial charge in [0.2, 0.25) is 7.29 Å². The maximum absolute atomic E-state index is 14.8. The van der Waals surface area contributed by atoms with Crippen LogP contribution in [0.2, 0.25) is 10.0 Å². The average molecular weight is 591 g/mol. The Morgan fingerprint density at radius 2 is 1.60 bits per heavy atom. The Hall–Kier alpha value is -3.90. The first-order valence-electron chi connectivity index (χ1n) is 12.4. The van der Waals surface area contributed by atoms with Crippen LogP contribution in [0, 0.1) is 12.7 Å². The van der Waals surface area contributed by atoms with Crippen LogP contribution >= 0.6 is 30.5 Å². The number of fused-ring (bicyclic) bond motifs is 1. The Bertz CT molecular complexity index is 1850. The fourth-order valence-electron chi connectivity index (χ4n) is 4.76. The van der Waals surface area contributed by atoms with Crippen LogP contribution in [0.5, 0.6) is 0 Å². The van der Waals surface area contributed by atoms with Gasteiger partial charge in [-0.3, -0.25) is 9.65 Å². The molecule has 40 heavy (non-hydrogen) atoms. The van der Waals surface area contributed by atoms with E-state index in [2.05, 4.69) is 15.3 Å². The lowest BCUT2D eigenvalue weighted by molar-refractivity contribution is 0.575. The molecule has 6 nitrogen and oxygen atoms in total. The minimum absolute atomic E-state index is 0.0426. The molecule has 0 amide bonds. The predicted octanol–water partition coefficient (Wildman–Crippen LogP) is 7.83. The van der Waals surface area contributed by atoms with Gasteiger partial charge in [-0.15, -0.1) is 5.10 Å². The minimum atomic E-state index is -3.39. The van der Waals surface area contributed by atoms with Crippen molar-refractivity contribution < 1.29 is 13.4 Å². The second kappa shape index (κ2) is 10.6. The van der Waals surface area contributed by atoms with E-state index in [4.69, 9.17) is 27.6 Å². The summed E-state index contributed by atoms with van der Waals surface area (Å²) in [6.07, 6.45) is 1.92. The van der Waals surface area contributed by atoms with Gasteiger partial charge in [0, 0.05) is 38.8 Å². The molecule has 6 aromatic rings. The largest absolute Gasteiger partial charge is 0.403 e. The highest BCUT2D eigenvalue weighted by molar-refractivity contribution is 7.79. The number of hydrogen-bond acceptors (Lipinski definition) is 4. The van der Waals surface area contributed by atoms with Crippen LogP contribution in [-0.2, 0) is 11.1 Å². The van der Waals surface area contributed by atoms with Crippen molar-refractivity contribution >= 4 is 58.0 Å². The van der Waals surface area contributed by atoms with Crippen LogP contribution in [0.4, 0.5) is 10.4 Å². The Kier molecular flexibility index (Phi) is 6.97. The molecule has 0 saturated carbocycles. The molecule has 0 aliphatic rings. The van der Waals surface area contributed by atoms with Gasteiger partial charge in [0.05, 0.1) is 11.1 Å². The SMILES string of the molecule is Cc1cn(Cc2ccc(Cl)cc2Cl)c2c(-c3nnc(NP(=O)(c4ccccc4)c4ccccc4)o3)cc(F)cc12. The van der Waals surface area contributed by atoms with Crippen molar-refractivity contribution in [3.05, 3.63) is 124 Å². The summed E-state index contributed by atoms with van der Waals surface area (Å²) in [5, 5.41) is 14.3. The van der Waals surface area contributed by atoms with Crippen molar-refractivity contribution in [2.24, 2.45) is 0 Å². The number of aromatic nitrogens is 3. The standard InChI is InChI=1S/C30H22Cl2FN4O2P/c1-19-17-37(18-20-12-13-21(31)14-27(20)32)28-25(19)15-22(33)16-26(28)29-34-35-30(39-29)36-40(38,23-8-4-2-5-9-23)24-10-6-3-7-11-24/h2-17H,18H2,1H3,(H,35,36,38). The van der Waals surface area contributed by atoms with E-state index < -0.39 is 13.1 Å². The molecule has 0 saturated heterocycles. The quantitative estimate of drug-likeness (QED) is 0.192. The summed E-state index contributed by atoms with van der Waals surface area (Å²) in [6.45, 7) is 2.32. The Morgan fingerprint density at radius 3 is 2.25 bits per heavy atom. The van der Waals surface area contributed by atoms with E-state index in [-0.39, 0.29) is 11.9 Å². The first-order valence-corrected chi connectivity index (χ1v) is 14.8. The van der Waals surface area contributed by atoms with Crippen molar-refractivity contribution in [2.45, 2.75) is 13.5 Å². The normalized spacial score (nSPS) is 11.7. The van der Waals surface area contributed by atoms with Crippen molar-refractivity contribution in [3.63, 3.8) is 0 Å². The third kappa shape index (κ3) is 4.92. The van der Waals surface area contributed by atoms with Gasteiger partial charge in [0.15, 0.2) is 0 Å². The highest BCUT2D eigenvalue weighted by Gasteiger charge is 2.30. The second-order valence-corrected chi connectivity index (χ2v) is 12.6. The molecule has 1 N–H and O–H groups in total. The molecule has 0 fully saturated rings. The molecule has 0 bridgehead atoms. The van der Waals surface area contributed by atoms with Crippen molar-refractivity contribution in [1.29, 1.82) is 0 Å². The lowest BCUT2D eigenvalue weighted by Gasteiger charge is -2.19. The molecular formula is C30H22Cl2FN4O2P. The summed E-state index contributed by atoms with van der Waals surface area (Å²) in [6, 6.07) is 26.2. The number of halogens is 3. The summed E-state index contributed by atoms with van der Waals surface area (Å²) in [5.41, 5.74) is 2.83. The van der Waals surface area contributed by atoms with E-state index in [1.165, 1.54) is 12.1 Å². The number of rotatable bonds is 7. The minimum Gasteiger partial charge on any atom is -0.403 e. The smallest absolute Gasteiger partial charge is 0.321 e. The van der Waals surface area contributed by atoms with Crippen LogP contribution in [0.25, 0.3) is 22.4 Å². The van der Waals surface area contributed by atoms with Crippen molar-refractivity contribution in [1.82, 2.24) is 14.8 Å². The van der Waals surface area contributed by atoms with E-state index in [9.17, 15) is 8.96 Å². The summed E-state index contributed by atoms with van der Waals surface area (Å²) >= 11 is 12.5. The van der Waals surface area contributed by atoms with Gasteiger partial charge in [-0.1, -0.05) is 70.8 Å². The monoisotopic (exact) mass is 590 g/mol. The molecule has 10 heteroatoms. The lowest BCUT2D eigenvalue weighted by Crippen LogP contribution is -2.21. The van der Waals surface area contributed by atoms with E-state index in [1.807, 2.05) is 60.2 Å². The highest BCUT2D eigenvalue weighted by atomic mass is 35.5. The van der Waals surface area contributed by atoms with Crippen LogP contribution in [0.3, 0.4) is 0 Å². The van der Waals surface area contributed by atoms with Crippen molar-refractivity contribution in [3.8, 4) is 11.5 Å². The molecule has 2 heterocycles. The number of nitrogens with zero attached hydrogens (tertiary/aromatic N) is 3. The molecule has 0 radical (unpaired) electrons. The third-order valence-electron chi connectivity index (χ3n) is 6.64. The van der Waals surface area contributed by atoms with Crippen LogP contribution in [-0.4, -0.2) is 14.8 Å². The van der Waals surface area contributed by atoms with Crippen LogP contribution in [0.15, 0.2) is 102 Å². The highest BCUT2D eigenvalue weighted by Crippen LogP contribution is 2.44. The summed E-state index contributed by atoms with van der Waals surface area (Å²) in [7, 11) is -3.39. The van der Waals surface area contributed by atoms with Gasteiger partial charge < -0.3 is 8.98 Å². The molecule has 0 aliphatic carbocycles. The number of anilines is 1.